The summed E-state index contributed by atoms with van der Waals surface area (Å²) in [6.07, 6.45) is 2.50. The fraction of sp³-hybridized carbons (Fsp3) is 0.600. The summed E-state index contributed by atoms with van der Waals surface area (Å²) < 4.78 is 4.96. The number of cyclic esters (lactones) is 1. The Morgan fingerprint density at radius 2 is 2.00 bits per heavy atom. The molecule has 0 aromatic heterocycles. The average Bonchev–Trinajstić information content (AvgIpc) is 3.28. The van der Waals surface area contributed by atoms with Crippen LogP contribution in [-0.2, 0) is 16.0 Å². The second-order valence-electron chi connectivity index (χ2n) is 6.97. The molecule has 26 heavy (non-hydrogen) atoms. The zero-order chi connectivity index (χ0) is 18.5. The number of benzene rings is 1. The van der Waals surface area contributed by atoms with E-state index in [9.17, 15) is 9.59 Å². The van der Waals surface area contributed by atoms with Crippen LogP contribution in [0.2, 0.25) is 0 Å². The number of anilines is 1. The van der Waals surface area contributed by atoms with Gasteiger partial charge in [0, 0.05) is 24.8 Å². The predicted octanol–water partition coefficient (Wildman–Crippen LogP) is 2.52. The van der Waals surface area contributed by atoms with Gasteiger partial charge < -0.3 is 9.64 Å². The third kappa shape index (κ3) is 4.18. The minimum Gasteiger partial charge on any atom is -0.447 e. The van der Waals surface area contributed by atoms with Crippen molar-refractivity contribution in [3.8, 4) is 0 Å². The molecule has 0 N–H and O–H groups in total. The summed E-state index contributed by atoms with van der Waals surface area (Å²) in [5, 5.41) is 0. The SMILES string of the molecule is CCN(CC1CCCN1CC)C(=O)Cc1ccc(N2CCOC2=O)cc1. The molecule has 2 heterocycles. The van der Waals surface area contributed by atoms with E-state index in [-0.39, 0.29) is 12.0 Å². The number of rotatable bonds is 7. The van der Waals surface area contributed by atoms with Crippen molar-refractivity contribution in [1.82, 2.24) is 9.80 Å². The Kier molecular flexibility index (Phi) is 6.14. The molecule has 1 atom stereocenters. The van der Waals surface area contributed by atoms with Crippen LogP contribution in [0, 0.1) is 0 Å². The fourth-order valence-corrected chi connectivity index (χ4v) is 3.89. The highest BCUT2D eigenvalue weighted by molar-refractivity contribution is 5.89. The Hall–Kier alpha value is -2.08. The number of hydrogen-bond donors (Lipinski definition) is 0. The standard InChI is InChI=1S/C20H29N3O3/c1-3-21-11-5-6-18(21)15-22(4-2)19(24)14-16-7-9-17(10-8-16)23-12-13-26-20(23)25/h7-10,18H,3-6,11-15H2,1-2H3. The molecule has 2 fully saturated rings. The van der Waals surface area contributed by atoms with E-state index in [0.717, 1.165) is 37.4 Å². The average molecular weight is 359 g/mol. The topological polar surface area (TPSA) is 53.1 Å². The van der Waals surface area contributed by atoms with Crippen LogP contribution in [0.3, 0.4) is 0 Å². The van der Waals surface area contributed by atoms with Crippen LogP contribution in [0.4, 0.5) is 10.5 Å². The maximum atomic E-state index is 12.7. The highest BCUT2D eigenvalue weighted by Gasteiger charge is 2.27. The molecular weight excluding hydrogens is 330 g/mol. The van der Waals surface area contributed by atoms with E-state index in [4.69, 9.17) is 4.74 Å². The van der Waals surface area contributed by atoms with Gasteiger partial charge in [-0.2, -0.15) is 0 Å². The molecule has 0 bridgehead atoms. The van der Waals surface area contributed by atoms with Gasteiger partial charge in [-0.3, -0.25) is 14.6 Å². The van der Waals surface area contributed by atoms with Gasteiger partial charge >= 0.3 is 6.09 Å². The van der Waals surface area contributed by atoms with E-state index in [1.54, 1.807) is 4.90 Å². The van der Waals surface area contributed by atoms with Crippen LogP contribution in [-0.4, -0.2) is 67.2 Å². The number of hydrogen-bond acceptors (Lipinski definition) is 4. The van der Waals surface area contributed by atoms with Gasteiger partial charge in [0.2, 0.25) is 5.91 Å². The maximum absolute atomic E-state index is 12.7. The Labute approximate surface area is 155 Å². The molecule has 2 amide bonds. The normalized spacial score (nSPS) is 20.5. The second-order valence-corrected chi connectivity index (χ2v) is 6.97. The van der Waals surface area contributed by atoms with Crippen molar-refractivity contribution in [1.29, 1.82) is 0 Å². The van der Waals surface area contributed by atoms with Crippen molar-refractivity contribution < 1.29 is 14.3 Å². The lowest BCUT2D eigenvalue weighted by molar-refractivity contribution is -0.131. The highest BCUT2D eigenvalue weighted by Crippen LogP contribution is 2.21. The summed E-state index contributed by atoms with van der Waals surface area (Å²) in [7, 11) is 0. The van der Waals surface area contributed by atoms with Crippen LogP contribution in [0.1, 0.15) is 32.3 Å². The number of likely N-dealkylation sites (tertiary alicyclic amines) is 1. The predicted molar refractivity (Wildman–Crippen MR) is 101 cm³/mol. The molecule has 2 aliphatic heterocycles. The third-order valence-electron chi connectivity index (χ3n) is 5.43. The molecule has 0 spiro atoms. The number of likely N-dealkylation sites (N-methyl/N-ethyl adjacent to an activating group) is 2. The van der Waals surface area contributed by atoms with Gasteiger partial charge in [0.15, 0.2) is 0 Å². The Morgan fingerprint density at radius 1 is 1.23 bits per heavy atom. The van der Waals surface area contributed by atoms with Crippen LogP contribution in [0.25, 0.3) is 0 Å². The van der Waals surface area contributed by atoms with E-state index in [2.05, 4.69) is 11.8 Å². The lowest BCUT2D eigenvalue weighted by atomic mass is 10.1. The number of nitrogens with zero attached hydrogens (tertiary/aromatic N) is 3. The molecule has 142 valence electrons. The zero-order valence-corrected chi connectivity index (χ0v) is 15.8. The maximum Gasteiger partial charge on any atom is 0.414 e. The first kappa shape index (κ1) is 18.7. The van der Waals surface area contributed by atoms with E-state index in [0.29, 0.717) is 25.6 Å². The molecule has 2 aliphatic rings. The smallest absolute Gasteiger partial charge is 0.414 e. The Bertz CT molecular complexity index is 632. The summed E-state index contributed by atoms with van der Waals surface area (Å²) in [5.74, 6) is 0.170. The summed E-state index contributed by atoms with van der Waals surface area (Å²) in [6, 6.07) is 8.14. The van der Waals surface area contributed by atoms with E-state index in [1.807, 2.05) is 36.1 Å². The summed E-state index contributed by atoms with van der Waals surface area (Å²) in [4.78, 5) is 30.4. The van der Waals surface area contributed by atoms with Crippen molar-refractivity contribution >= 4 is 17.7 Å². The van der Waals surface area contributed by atoms with E-state index in [1.165, 1.54) is 12.8 Å². The molecule has 2 saturated heterocycles. The monoisotopic (exact) mass is 359 g/mol. The van der Waals surface area contributed by atoms with Crippen molar-refractivity contribution in [3.63, 3.8) is 0 Å². The first-order valence-corrected chi connectivity index (χ1v) is 9.67. The molecule has 1 aromatic rings. The van der Waals surface area contributed by atoms with Crippen LogP contribution in [0.15, 0.2) is 24.3 Å². The quantitative estimate of drug-likeness (QED) is 0.751. The molecule has 0 radical (unpaired) electrons. The van der Waals surface area contributed by atoms with Crippen molar-refractivity contribution in [2.75, 3.05) is 44.2 Å². The van der Waals surface area contributed by atoms with Crippen molar-refractivity contribution in [2.24, 2.45) is 0 Å². The van der Waals surface area contributed by atoms with Crippen LogP contribution in [0.5, 0.6) is 0 Å². The van der Waals surface area contributed by atoms with Gasteiger partial charge in [-0.25, -0.2) is 4.79 Å². The molecule has 3 rings (SSSR count). The summed E-state index contributed by atoms with van der Waals surface area (Å²) >= 11 is 0. The van der Waals surface area contributed by atoms with Gasteiger partial charge in [-0.05, 0) is 50.6 Å². The summed E-state index contributed by atoms with van der Waals surface area (Å²) in [5.41, 5.74) is 1.80. The largest absolute Gasteiger partial charge is 0.447 e. The van der Waals surface area contributed by atoms with Gasteiger partial charge in [0.05, 0.1) is 13.0 Å². The van der Waals surface area contributed by atoms with Gasteiger partial charge in [-0.15, -0.1) is 0 Å². The van der Waals surface area contributed by atoms with Gasteiger partial charge in [0.1, 0.15) is 6.61 Å². The van der Waals surface area contributed by atoms with Crippen molar-refractivity contribution in [3.05, 3.63) is 29.8 Å². The fourth-order valence-electron chi connectivity index (χ4n) is 3.89. The third-order valence-corrected chi connectivity index (χ3v) is 5.43. The molecule has 0 aliphatic carbocycles. The number of amides is 2. The van der Waals surface area contributed by atoms with Gasteiger partial charge in [0.25, 0.3) is 0 Å². The number of carbonyl (C=O) groups is 2. The number of ether oxygens (including phenoxy) is 1. The lowest BCUT2D eigenvalue weighted by Crippen LogP contribution is -2.43. The molecule has 1 unspecified atom stereocenters. The second kappa shape index (κ2) is 8.54. The highest BCUT2D eigenvalue weighted by atomic mass is 16.6. The first-order chi connectivity index (χ1) is 12.6. The lowest BCUT2D eigenvalue weighted by Gasteiger charge is -2.29. The number of carbonyl (C=O) groups excluding carboxylic acids is 2. The van der Waals surface area contributed by atoms with E-state index < -0.39 is 0 Å². The Morgan fingerprint density at radius 3 is 2.62 bits per heavy atom. The molecule has 1 aromatic carbocycles. The molecule has 6 nitrogen and oxygen atoms in total. The van der Waals surface area contributed by atoms with Crippen LogP contribution < -0.4 is 4.90 Å². The molecule has 0 saturated carbocycles. The Balaban J connectivity index is 1.58. The minimum atomic E-state index is -0.303. The van der Waals surface area contributed by atoms with Crippen LogP contribution >= 0.6 is 0 Å². The first-order valence-electron chi connectivity index (χ1n) is 9.67. The molecular formula is C20H29N3O3. The van der Waals surface area contributed by atoms with E-state index >= 15 is 0 Å². The molecule has 6 heteroatoms. The van der Waals surface area contributed by atoms with Crippen molar-refractivity contribution in [2.45, 2.75) is 39.2 Å². The minimum absolute atomic E-state index is 0.170. The summed E-state index contributed by atoms with van der Waals surface area (Å²) in [6.45, 7) is 9.01. The van der Waals surface area contributed by atoms with Gasteiger partial charge in [-0.1, -0.05) is 19.1 Å². The zero-order valence-electron chi connectivity index (χ0n) is 15.8.